The predicted molar refractivity (Wildman–Crippen MR) is 51.0 cm³/mol. The maximum atomic E-state index is 10.7. The molecule has 1 N–H and O–H groups in total. The summed E-state index contributed by atoms with van der Waals surface area (Å²) in [5.41, 5.74) is 1.89. The molecule has 1 aromatic rings. The van der Waals surface area contributed by atoms with E-state index in [4.69, 9.17) is 9.84 Å². The Bertz CT molecular complexity index is 392. The van der Waals surface area contributed by atoms with Crippen molar-refractivity contribution in [1.29, 1.82) is 0 Å². The number of nitrogens with zero attached hydrogens (tertiary/aromatic N) is 2. The van der Waals surface area contributed by atoms with Crippen LogP contribution >= 0.6 is 0 Å². The number of aromatic nitrogens is 2. The third kappa shape index (κ3) is 2.12. The van der Waals surface area contributed by atoms with Crippen LogP contribution in [0.15, 0.2) is 6.20 Å². The van der Waals surface area contributed by atoms with Crippen molar-refractivity contribution in [2.24, 2.45) is 5.92 Å². The summed E-state index contributed by atoms with van der Waals surface area (Å²) in [6.07, 6.45) is 2.09. The molecule has 0 radical (unpaired) electrons. The molecule has 0 saturated heterocycles. The number of carboxylic acid groups (broad SMARTS) is 1. The van der Waals surface area contributed by atoms with Gasteiger partial charge in [-0.15, -0.1) is 0 Å². The van der Waals surface area contributed by atoms with Gasteiger partial charge in [-0.1, -0.05) is 6.92 Å². The van der Waals surface area contributed by atoms with E-state index in [0.29, 0.717) is 25.5 Å². The lowest BCUT2D eigenvalue weighted by atomic mass is 10.1. The SMILES string of the molecule is CC(Cc1ncc2c(n1)COC2)C(=O)O. The topological polar surface area (TPSA) is 72.3 Å². The van der Waals surface area contributed by atoms with Gasteiger partial charge in [0, 0.05) is 18.2 Å². The fourth-order valence-corrected chi connectivity index (χ4v) is 1.45. The first-order chi connectivity index (χ1) is 7.16. The zero-order valence-electron chi connectivity index (χ0n) is 8.43. The zero-order valence-corrected chi connectivity index (χ0v) is 8.43. The van der Waals surface area contributed by atoms with Crippen LogP contribution in [0.1, 0.15) is 24.0 Å². The number of carboxylic acids is 1. The molecule has 0 spiro atoms. The lowest BCUT2D eigenvalue weighted by Gasteiger charge is -2.05. The third-order valence-corrected chi connectivity index (χ3v) is 2.41. The van der Waals surface area contributed by atoms with Crippen molar-refractivity contribution in [2.75, 3.05) is 0 Å². The van der Waals surface area contributed by atoms with E-state index >= 15 is 0 Å². The molecule has 80 valence electrons. The molecule has 1 unspecified atom stereocenters. The van der Waals surface area contributed by atoms with Gasteiger partial charge in [0.25, 0.3) is 0 Å². The van der Waals surface area contributed by atoms with Gasteiger partial charge >= 0.3 is 5.97 Å². The summed E-state index contributed by atoms with van der Waals surface area (Å²) in [7, 11) is 0. The number of rotatable bonds is 3. The van der Waals surface area contributed by atoms with E-state index in [0.717, 1.165) is 11.3 Å². The van der Waals surface area contributed by atoms with Crippen molar-refractivity contribution in [3.8, 4) is 0 Å². The van der Waals surface area contributed by atoms with Gasteiger partial charge in [-0.3, -0.25) is 4.79 Å². The monoisotopic (exact) mass is 208 g/mol. The maximum absolute atomic E-state index is 10.7. The van der Waals surface area contributed by atoms with E-state index in [1.807, 2.05) is 0 Å². The lowest BCUT2D eigenvalue weighted by Crippen LogP contribution is -2.14. The molecule has 5 nitrogen and oxygen atoms in total. The standard InChI is InChI=1S/C10H12N2O3/c1-6(10(13)14)2-9-11-3-7-4-15-5-8(7)12-9/h3,6H,2,4-5H2,1H3,(H,13,14). The molecular weight excluding hydrogens is 196 g/mol. The lowest BCUT2D eigenvalue weighted by molar-refractivity contribution is -0.141. The maximum Gasteiger partial charge on any atom is 0.306 e. The van der Waals surface area contributed by atoms with E-state index in [9.17, 15) is 4.79 Å². The summed E-state index contributed by atoms with van der Waals surface area (Å²) < 4.78 is 5.20. The van der Waals surface area contributed by atoms with Crippen LogP contribution in [-0.4, -0.2) is 21.0 Å². The first-order valence-electron chi connectivity index (χ1n) is 4.81. The first-order valence-corrected chi connectivity index (χ1v) is 4.81. The fourth-order valence-electron chi connectivity index (χ4n) is 1.45. The zero-order chi connectivity index (χ0) is 10.8. The van der Waals surface area contributed by atoms with Crippen molar-refractivity contribution in [3.05, 3.63) is 23.3 Å². The van der Waals surface area contributed by atoms with Gasteiger partial charge in [0.15, 0.2) is 0 Å². The third-order valence-electron chi connectivity index (χ3n) is 2.41. The fraction of sp³-hybridized carbons (Fsp3) is 0.500. The normalized spacial score (nSPS) is 16.1. The van der Waals surface area contributed by atoms with Gasteiger partial charge in [-0.2, -0.15) is 0 Å². The van der Waals surface area contributed by atoms with Crippen molar-refractivity contribution in [2.45, 2.75) is 26.6 Å². The number of aliphatic carboxylic acids is 1. The Hall–Kier alpha value is -1.49. The average Bonchev–Trinajstić information content (AvgIpc) is 2.64. The second-order valence-electron chi connectivity index (χ2n) is 3.69. The number of fused-ring (bicyclic) bond motifs is 1. The Morgan fingerprint density at radius 1 is 1.67 bits per heavy atom. The van der Waals surface area contributed by atoms with Crippen LogP contribution in [0.3, 0.4) is 0 Å². The second kappa shape index (κ2) is 3.94. The molecule has 15 heavy (non-hydrogen) atoms. The van der Waals surface area contributed by atoms with Crippen molar-refractivity contribution in [3.63, 3.8) is 0 Å². The minimum absolute atomic E-state index is 0.364. The van der Waals surface area contributed by atoms with Crippen LogP contribution < -0.4 is 0 Å². The molecule has 1 atom stereocenters. The van der Waals surface area contributed by atoms with Gasteiger partial charge in [0.1, 0.15) is 5.82 Å². The summed E-state index contributed by atoms with van der Waals surface area (Å²) in [5.74, 6) is -0.699. The van der Waals surface area contributed by atoms with Crippen LogP contribution in [0.5, 0.6) is 0 Å². The molecule has 1 aliphatic heterocycles. The van der Waals surface area contributed by atoms with Gasteiger partial charge in [-0.25, -0.2) is 9.97 Å². The number of hydrogen-bond donors (Lipinski definition) is 1. The highest BCUT2D eigenvalue weighted by atomic mass is 16.5. The van der Waals surface area contributed by atoms with Gasteiger partial charge < -0.3 is 9.84 Å². The molecule has 0 aromatic carbocycles. The van der Waals surface area contributed by atoms with Crippen LogP contribution in [0.2, 0.25) is 0 Å². The molecule has 0 fully saturated rings. The highest BCUT2D eigenvalue weighted by Crippen LogP contribution is 2.17. The molecule has 2 heterocycles. The van der Waals surface area contributed by atoms with E-state index in [2.05, 4.69) is 9.97 Å². The summed E-state index contributed by atoms with van der Waals surface area (Å²) in [6.45, 7) is 2.71. The van der Waals surface area contributed by atoms with Crippen molar-refractivity contribution >= 4 is 5.97 Å². The Kier molecular flexibility index (Phi) is 2.64. The molecule has 0 bridgehead atoms. The quantitative estimate of drug-likeness (QED) is 0.794. The van der Waals surface area contributed by atoms with Gasteiger partial charge in [0.05, 0.1) is 24.8 Å². The molecule has 0 aliphatic carbocycles. The Labute approximate surface area is 87.1 Å². The summed E-state index contributed by atoms with van der Waals surface area (Å²) >= 11 is 0. The van der Waals surface area contributed by atoms with E-state index in [-0.39, 0.29) is 0 Å². The van der Waals surface area contributed by atoms with Gasteiger partial charge in [-0.05, 0) is 0 Å². The van der Waals surface area contributed by atoms with E-state index in [1.165, 1.54) is 0 Å². The minimum atomic E-state index is -0.824. The Morgan fingerprint density at radius 3 is 3.20 bits per heavy atom. The minimum Gasteiger partial charge on any atom is -0.481 e. The summed E-state index contributed by atoms with van der Waals surface area (Å²) in [4.78, 5) is 19.1. The molecule has 0 saturated carbocycles. The van der Waals surface area contributed by atoms with Gasteiger partial charge in [0.2, 0.25) is 0 Å². The number of ether oxygens (including phenoxy) is 1. The highest BCUT2D eigenvalue weighted by molar-refractivity contribution is 5.69. The van der Waals surface area contributed by atoms with Crippen LogP contribution in [0.4, 0.5) is 0 Å². The second-order valence-corrected chi connectivity index (χ2v) is 3.69. The molecule has 2 rings (SSSR count). The van der Waals surface area contributed by atoms with Crippen molar-refractivity contribution < 1.29 is 14.6 Å². The number of hydrogen-bond acceptors (Lipinski definition) is 4. The first kappa shape index (κ1) is 10.0. The Balaban J connectivity index is 2.13. The van der Waals surface area contributed by atoms with E-state index in [1.54, 1.807) is 13.1 Å². The predicted octanol–water partition coefficient (Wildman–Crippen LogP) is 0.770. The van der Waals surface area contributed by atoms with Crippen LogP contribution in [-0.2, 0) is 29.2 Å². The van der Waals surface area contributed by atoms with Crippen LogP contribution in [0.25, 0.3) is 0 Å². The molecule has 0 amide bonds. The molecule has 1 aromatic heterocycles. The highest BCUT2D eigenvalue weighted by Gasteiger charge is 2.17. The summed E-state index contributed by atoms with van der Waals surface area (Å²) in [5, 5.41) is 8.76. The van der Waals surface area contributed by atoms with Crippen molar-refractivity contribution in [1.82, 2.24) is 9.97 Å². The Morgan fingerprint density at radius 2 is 2.47 bits per heavy atom. The smallest absolute Gasteiger partial charge is 0.306 e. The van der Waals surface area contributed by atoms with E-state index < -0.39 is 11.9 Å². The molecule has 5 heteroatoms. The average molecular weight is 208 g/mol. The number of carbonyl (C=O) groups is 1. The summed E-state index contributed by atoms with van der Waals surface area (Å²) in [6, 6.07) is 0. The van der Waals surface area contributed by atoms with Crippen LogP contribution in [0, 0.1) is 5.92 Å². The molecular formula is C10H12N2O3. The largest absolute Gasteiger partial charge is 0.481 e. The molecule has 1 aliphatic rings.